The smallest absolute Gasteiger partial charge is 0.284 e. The van der Waals surface area contributed by atoms with Crippen molar-refractivity contribution in [3.63, 3.8) is 0 Å². The van der Waals surface area contributed by atoms with Gasteiger partial charge in [0, 0.05) is 17.7 Å². The van der Waals surface area contributed by atoms with E-state index in [0.29, 0.717) is 0 Å². The molecule has 1 amide bonds. The molecule has 0 radical (unpaired) electrons. The van der Waals surface area contributed by atoms with Crippen molar-refractivity contribution < 1.29 is 9.72 Å². The highest BCUT2D eigenvalue weighted by atomic mass is 79.9. The first-order valence-electron chi connectivity index (χ1n) is 5.32. The van der Waals surface area contributed by atoms with Crippen LogP contribution in [-0.4, -0.2) is 20.8 Å². The maximum atomic E-state index is 12.0. The van der Waals surface area contributed by atoms with Crippen LogP contribution in [0.2, 0.25) is 10.4 Å². The minimum atomic E-state index is -0.598. The largest absolute Gasteiger partial charge is 0.306 e. The van der Waals surface area contributed by atoms with E-state index < -0.39 is 10.8 Å². The Morgan fingerprint density at radius 3 is 2.62 bits per heavy atom. The summed E-state index contributed by atoms with van der Waals surface area (Å²) in [6.07, 6.45) is 0. The number of amides is 1. The predicted molar refractivity (Wildman–Crippen MR) is 80.8 cm³/mol. The monoisotopic (exact) mass is 390 g/mol. The number of nitrogens with zero attached hydrogens (tertiary/aromatic N) is 3. The summed E-state index contributed by atoms with van der Waals surface area (Å²) in [5.41, 5.74) is -0.128. The molecular formula is C11H5BrCl2N4O3. The van der Waals surface area contributed by atoms with E-state index in [4.69, 9.17) is 23.2 Å². The van der Waals surface area contributed by atoms with E-state index >= 15 is 0 Å². The summed E-state index contributed by atoms with van der Waals surface area (Å²) in [6.45, 7) is 0. The molecule has 0 aliphatic heterocycles. The lowest BCUT2D eigenvalue weighted by Gasteiger charge is -2.05. The molecule has 1 aromatic heterocycles. The number of nitro groups is 1. The van der Waals surface area contributed by atoms with Crippen molar-refractivity contribution in [3.8, 4) is 0 Å². The van der Waals surface area contributed by atoms with Gasteiger partial charge in [0.1, 0.15) is 11.0 Å². The van der Waals surface area contributed by atoms with Gasteiger partial charge in [-0.2, -0.15) is 0 Å². The molecule has 1 aromatic carbocycles. The summed E-state index contributed by atoms with van der Waals surface area (Å²) < 4.78 is 0.275. The number of halogens is 3. The molecule has 0 saturated carbocycles. The van der Waals surface area contributed by atoms with Gasteiger partial charge in [-0.25, -0.2) is 9.97 Å². The molecule has 0 aliphatic rings. The van der Waals surface area contributed by atoms with E-state index in [0.717, 1.165) is 6.07 Å². The SMILES string of the molecule is O=C(Nc1cc(Cl)nc(Cl)n1)c1ccc(Br)c([N+](=O)[O-])c1. The third kappa shape index (κ3) is 3.87. The van der Waals surface area contributed by atoms with E-state index in [2.05, 4.69) is 31.2 Å². The molecule has 0 saturated heterocycles. The number of hydrogen-bond acceptors (Lipinski definition) is 5. The van der Waals surface area contributed by atoms with Crippen LogP contribution in [0.15, 0.2) is 28.7 Å². The van der Waals surface area contributed by atoms with Gasteiger partial charge in [-0.1, -0.05) is 11.6 Å². The summed E-state index contributed by atoms with van der Waals surface area (Å²) in [7, 11) is 0. The van der Waals surface area contributed by atoms with Crippen LogP contribution in [0.4, 0.5) is 11.5 Å². The summed E-state index contributed by atoms with van der Waals surface area (Å²) >= 11 is 14.3. The second-order valence-corrected chi connectivity index (χ2v) is 5.30. The number of aromatic nitrogens is 2. The van der Waals surface area contributed by atoms with Gasteiger partial charge in [0.05, 0.1) is 9.40 Å². The lowest BCUT2D eigenvalue weighted by molar-refractivity contribution is -0.385. The van der Waals surface area contributed by atoms with Crippen LogP contribution in [0, 0.1) is 10.1 Å². The molecule has 0 bridgehead atoms. The van der Waals surface area contributed by atoms with Crippen molar-refractivity contribution >= 4 is 56.5 Å². The Labute approximate surface area is 136 Å². The van der Waals surface area contributed by atoms with Gasteiger partial charge in [0.15, 0.2) is 0 Å². The molecule has 0 spiro atoms. The Morgan fingerprint density at radius 2 is 2.00 bits per heavy atom. The number of nitrogens with one attached hydrogen (secondary N) is 1. The van der Waals surface area contributed by atoms with E-state index in [1.807, 2.05) is 0 Å². The fraction of sp³-hybridized carbons (Fsp3) is 0. The number of nitro benzene ring substituents is 1. The Kier molecular flexibility index (Phi) is 4.71. The molecule has 21 heavy (non-hydrogen) atoms. The second kappa shape index (κ2) is 6.33. The standard InChI is InChI=1S/C11H5BrCl2N4O3/c12-6-2-1-5(3-7(6)18(20)21)10(19)16-9-4-8(13)15-11(14)17-9/h1-4H,(H,15,16,17,19). The Bertz CT molecular complexity index is 721. The predicted octanol–water partition coefficient (Wildman–Crippen LogP) is 3.71. The fourth-order valence-electron chi connectivity index (χ4n) is 1.44. The highest BCUT2D eigenvalue weighted by Crippen LogP contribution is 2.26. The van der Waals surface area contributed by atoms with Gasteiger partial charge in [-0.15, -0.1) is 0 Å². The van der Waals surface area contributed by atoms with Gasteiger partial charge in [-0.05, 0) is 39.7 Å². The van der Waals surface area contributed by atoms with Gasteiger partial charge in [0.25, 0.3) is 11.6 Å². The zero-order valence-corrected chi connectivity index (χ0v) is 13.1. The highest BCUT2D eigenvalue weighted by molar-refractivity contribution is 9.10. The molecule has 10 heteroatoms. The molecule has 1 heterocycles. The average molecular weight is 392 g/mol. The van der Waals surface area contributed by atoms with Crippen molar-refractivity contribution in [3.05, 3.63) is 54.9 Å². The van der Waals surface area contributed by atoms with Gasteiger partial charge in [0.2, 0.25) is 5.28 Å². The second-order valence-electron chi connectivity index (χ2n) is 3.72. The minimum Gasteiger partial charge on any atom is -0.306 e. The van der Waals surface area contributed by atoms with Crippen molar-refractivity contribution in [2.24, 2.45) is 0 Å². The molecule has 1 N–H and O–H groups in total. The maximum Gasteiger partial charge on any atom is 0.284 e. The van der Waals surface area contributed by atoms with Crippen LogP contribution in [0.25, 0.3) is 0 Å². The lowest BCUT2D eigenvalue weighted by Crippen LogP contribution is -2.13. The molecule has 2 rings (SSSR count). The Balaban J connectivity index is 2.28. The summed E-state index contributed by atoms with van der Waals surface area (Å²) in [6, 6.07) is 5.28. The lowest BCUT2D eigenvalue weighted by atomic mass is 10.2. The number of carbonyl (C=O) groups is 1. The molecule has 0 aliphatic carbocycles. The number of hydrogen-bond donors (Lipinski definition) is 1. The molecule has 108 valence electrons. The van der Waals surface area contributed by atoms with Crippen LogP contribution in [-0.2, 0) is 0 Å². The van der Waals surface area contributed by atoms with Gasteiger partial charge in [-0.3, -0.25) is 14.9 Å². The normalized spacial score (nSPS) is 10.2. The van der Waals surface area contributed by atoms with Crippen molar-refractivity contribution in [2.45, 2.75) is 0 Å². The zero-order valence-electron chi connectivity index (χ0n) is 10.0. The molecule has 7 nitrogen and oxygen atoms in total. The maximum absolute atomic E-state index is 12.0. The van der Waals surface area contributed by atoms with E-state index in [9.17, 15) is 14.9 Å². The first-order valence-corrected chi connectivity index (χ1v) is 6.87. The first-order chi connectivity index (χ1) is 9.86. The van der Waals surface area contributed by atoms with Crippen LogP contribution in [0.1, 0.15) is 10.4 Å². The molecule has 0 unspecified atom stereocenters. The average Bonchev–Trinajstić information content (AvgIpc) is 2.37. The van der Waals surface area contributed by atoms with Crippen LogP contribution in [0.5, 0.6) is 0 Å². The molecule has 2 aromatic rings. The van der Waals surface area contributed by atoms with Crippen molar-refractivity contribution in [2.75, 3.05) is 5.32 Å². The van der Waals surface area contributed by atoms with Gasteiger partial charge >= 0.3 is 0 Å². The third-order valence-corrected chi connectivity index (χ3v) is 3.35. The van der Waals surface area contributed by atoms with Gasteiger partial charge < -0.3 is 5.32 Å². The molecular weight excluding hydrogens is 387 g/mol. The van der Waals surface area contributed by atoms with Crippen molar-refractivity contribution in [1.82, 2.24) is 9.97 Å². The Morgan fingerprint density at radius 1 is 1.29 bits per heavy atom. The topological polar surface area (TPSA) is 98.0 Å². The molecule has 0 fully saturated rings. The molecule has 0 atom stereocenters. The van der Waals surface area contributed by atoms with E-state index in [1.54, 1.807) is 0 Å². The summed E-state index contributed by atoms with van der Waals surface area (Å²) in [5, 5.41) is 13.2. The van der Waals surface area contributed by atoms with E-state index in [-0.39, 0.29) is 32.0 Å². The summed E-state index contributed by atoms with van der Waals surface area (Å²) in [4.78, 5) is 29.7. The number of anilines is 1. The van der Waals surface area contributed by atoms with Crippen LogP contribution >= 0.6 is 39.1 Å². The van der Waals surface area contributed by atoms with Crippen molar-refractivity contribution in [1.29, 1.82) is 0 Å². The fourth-order valence-corrected chi connectivity index (χ4v) is 2.24. The van der Waals surface area contributed by atoms with Crippen LogP contribution < -0.4 is 5.32 Å². The zero-order chi connectivity index (χ0) is 15.6. The third-order valence-electron chi connectivity index (χ3n) is 2.31. The van der Waals surface area contributed by atoms with E-state index in [1.165, 1.54) is 18.2 Å². The quantitative estimate of drug-likeness (QED) is 0.372. The number of benzene rings is 1. The summed E-state index contributed by atoms with van der Waals surface area (Å²) in [5.74, 6) is -0.494. The van der Waals surface area contributed by atoms with Crippen LogP contribution in [0.3, 0.4) is 0 Å². The minimum absolute atomic E-state index is 0.0621. The first kappa shape index (κ1) is 15.6. The number of rotatable bonds is 3. The highest BCUT2D eigenvalue weighted by Gasteiger charge is 2.16. The number of carbonyl (C=O) groups excluding carboxylic acids is 1. The Hall–Kier alpha value is -1.77.